The first-order valence-electron chi connectivity index (χ1n) is 8.25. The second-order valence-electron chi connectivity index (χ2n) is 6.27. The molecule has 3 heterocycles. The minimum absolute atomic E-state index is 0.196. The Balaban J connectivity index is 1.53. The van der Waals surface area contributed by atoms with Crippen LogP contribution in [-0.2, 0) is 24.3 Å². The topological polar surface area (TPSA) is 63.9 Å². The van der Waals surface area contributed by atoms with Crippen LogP contribution in [0, 0.1) is 0 Å². The first-order valence-corrected chi connectivity index (χ1v) is 8.25. The molecule has 0 saturated carbocycles. The van der Waals surface area contributed by atoms with Crippen molar-refractivity contribution < 1.29 is 4.79 Å². The van der Waals surface area contributed by atoms with Gasteiger partial charge in [-0.25, -0.2) is 0 Å². The number of nitrogens with zero attached hydrogens (tertiary/aromatic N) is 5. The summed E-state index contributed by atoms with van der Waals surface area (Å²) in [4.78, 5) is 18.6. The fourth-order valence-corrected chi connectivity index (χ4v) is 2.95. The average molecular weight is 313 g/mol. The Morgan fingerprint density at radius 1 is 1.26 bits per heavy atom. The van der Waals surface area contributed by atoms with Gasteiger partial charge in [-0.2, -0.15) is 0 Å². The highest BCUT2D eigenvalue weighted by Crippen LogP contribution is 2.19. The van der Waals surface area contributed by atoms with Crippen LogP contribution in [-0.4, -0.2) is 37.1 Å². The molecule has 0 aromatic carbocycles. The van der Waals surface area contributed by atoms with Crippen molar-refractivity contribution in [3.05, 3.63) is 41.7 Å². The molecule has 0 saturated heterocycles. The zero-order valence-electron chi connectivity index (χ0n) is 13.8. The first-order chi connectivity index (χ1) is 11.1. The number of fused-ring (bicyclic) bond motifs is 1. The number of carbonyl (C=O) groups is 1. The van der Waals surface area contributed by atoms with E-state index in [2.05, 4.69) is 33.6 Å². The lowest BCUT2D eigenvalue weighted by atomic mass is 10.1. The zero-order chi connectivity index (χ0) is 16.2. The Kier molecular flexibility index (Phi) is 4.69. The van der Waals surface area contributed by atoms with E-state index < -0.39 is 0 Å². The summed E-state index contributed by atoms with van der Waals surface area (Å²) in [5.74, 6) is 2.47. The molecule has 0 spiro atoms. The van der Waals surface area contributed by atoms with Crippen molar-refractivity contribution in [2.24, 2.45) is 0 Å². The van der Waals surface area contributed by atoms with E-state index in [0.717, 1.165) is 43.3 Å². The van der Waals surface area contributed by atoms with Crippen molar-refractivity contribution in [1.29, 1.82) is 0 Å². The summed E-state index contributed by atoms with van der Waals surface area (Å²) >= 11 is 0. The van der Waals surface area contributed by atoms with Crippen LogP contribution >= 0.6 is 0 Å². The molecule has 0 N–H and O–H groups in total. The highest BCUT2D eigenvalue weighted by Gasteiger charge is 2.24. The lowest BCUT2D eigenvalue weighted by Crippen LogP contribution is -2.38. The summed E-state index contributed by atoms with van der Waals surface area (Å²) < 4.78 is 2.16. The largest absolute Gasteiger partial charge is 0.333 e. The molecular weight excluding hydrogens is 290 g/mol. The molecule has 0 unspecified atom stereocenters. The number of aromatic nitrogens is 4. The van der Waals surface area contributed by atoms with Crippen LogP contribution in [0.25, 0.3) is 0 Å². The highest BCUT2D eigenvalue weighted by atomic mass is 16.2. The van der Waals surface area contributed by atoms with Gasteiger partial charge in [-0.3, -0.25) is 9.78 Å². The number of amides is 1. The minimum Gasteiger partial charge on any atom is -0.333 e. The maximum Gasteiger partial charge on any atom is 0.223 e. The van der Waals surface area contributed by atoms with Crippen LogP contribution in [0.3, 0.4) is 0 Å². The Bertz CT molecular complexity index is 665. The number of hydrogen-bond acceptors (Lipinski definition) is 4. The summed E-state index contributed by atoms with van der Waals surface area (Å²) in [6.07, 6.45) is 4.02. The number of carbonyl (C=O) groups excluding carboxylic acids is 1. The first kappa shape index (κ1) is 15.6. The fraction of sp³-hybridized carbons (Fsp3) is 0.529. The molecule has 1 aliphatic heterocycles. The number of rotatable bonds is 5. The molecule has 0 radical (unpaired) electrons. The van der Waals surface area contributed by atoms with Gasteiger partial charge in [0.1, 0.15) is 5.82 Å². The van der Waals surface area contributed by atoms with Gasteiger partial charge in [-0.1, -0.05) is 19.9 Å². The van der Waals surface area contributed by atoms with Crippen LogP contribution in [0.15, 0.2) is 24.4 Å². The summed E-state index contributed by atoms with van der Waals surface area (Å²) in [5, 5.41) is 8.51. The predicted molar refractivity (Wildman–Crippen MR) is 86.7 cm³/mol. The van der Waals surface area contributed by atoms with E-state index in [1.54, 1.807) is 6.20 Å². The molecule has 0 atom stereocenters. The van der Waals surface area contributed by atoms with E-state index in [1.165, 1.54) is 0 Å². The highest BCUT2D eigenvalue weighted by molar-refractivity contribution is 5.76. The van der Waals surface area contributed by atoms with Crippen LogP contribution in [0.5, 0.6) is 0 Å². The number of pyridine rings is 1. The SMILES string of the molecule is CC(C)c1nnc2n1CCN(C(=O)CCCc1ccccn1)C2. The van der Waals surface area contributed by atoms with Gasteiger partial charge in [0.2, 0.25) is 5.91 Å². The minimum atomic E-state index is 0.196. The molecule has 2 aromatic heterocycles. The van der Waals surface area contributed by atoms with Crippen molar-refractivity contribution in [3.63, 3.8) is 0 Å². The van der Waals surface area contributed by atoms with Crippen LogP contribution in [0.1, 0.15) is 49.9 Å². The smallest absolute Gasteiger partial charge is 0.223 e. The molecule has 0 bridgehead atoms. The monoisotopic (exact) mass is 313 g/mol. The molecule has 0 fully saturated rings. The Morgan fingerprint density at radius 3 is 2.87 bits per heavy atom. The zero-order valence-corrected chi connectivity index (χ0v) is 13.8. The maximum absolute atomic E-state index is 12.4. The summed E-state index contributed by atoms with van der Waals surface area (Å²) in [6.45, 7) is 6.34. The third-order valence-corrected chi connectivity index (χ3v) is 4.20. The average Bonchev–Trinajstić information content (AvgIpc) is 2.99. The molecule has 0 aliphatic carbocycles. The van der Waals surface area contributed by atoms with Gasteiger partial charge in [-0.15, -0.1) is 10.2 Å². The van der Waals surface area contributed by atoms with Gasteiger partial charge >= 0.3 is 0 Å². The van der Waals surface area contributed by atoms with E-state index in [0.29, 0.717) is 18.9 Å². The van der Waals surface area contributed by atoms with Gasteiger partial charge in [0.15, 0.2) is 5.82 Å². The molecular formula is C17H23N5O. The van der Waals surface area contributed by atoms with E-state index in [1.807, 2.05) is 23.1 Å². The summed E-state index contributed by atoms with van der Waals surface area (Å²) in [7, 11) is 0. The van der Waals surface area contributed by atoms with Crippen molar-refractivity contribution in [1.82, 2.24) is 24.6 Å². The molecule has 23 heavy (non-hydrogen) atoms. The fourth-order valence-electron chi connectivity index (χ4n) is 2.95. The van der Waals surface area contributed by atoms with Crippen molar-refractivity contribution in [2.75, 3.05) is 6.54 Å². The van der Waals surface area contributed by atoms with Gasteiger partial charge in [0.25, 0.3) is 0 Å². The molecule has 2 aromatic rings. The quantitative estimate of drug-likeness (QED) is 0.848. The summed E-state index contributed by atoms with van der Waals surface area (Å²) in [5.41, 5.74) is 1.04. The lowest BCUT2D eigenvalue weighted by Gasteiger charge is -2.28. The van der Waals surface area contributed by atoms with Crippen molar-refractivity contribution in [3.8, 4) is 0 Å². The Morgan fingerprint density at radius 2 is 2.13 bits per heavy atom. The number of aryl methyl sites for hydroxylation is 1. The molecule has 6 nitrogen and oxygen atoms in total. The van der Waals surface area contributed by atoms with Crippen molar-refractivity contribution >= 4 is 5.91 Å². The second kappa shape index (κ2) is 6.89. The molecule has 6 heteroatoms. The van der Waals surface area contributed by atoms with E-state index >= 15 is 0 Å². The van der Waals surface area contributed by atoms with Crippen LogP contribution in [0.2, 0.25) is 0 Å². The second-order valence-corrected chi connectivity index (χ2v) is 6.27. The molecule has 3 rings (SSSR count). The Hall–Kier alpha value is -2.24. The van der Waals surface area contributed by atoms with E-state index in [9.17, 15) is 4.79 Å². The summed E-state index contributed by atoms with van der Waals surface area (Å²) in [6, 6.07) is 5.89. The molecule has 122 valence electrons. The van der Waals surface area contributed by atoms with Crippen molar-refractivity contribution in [2.45, 2.75) is 52.1 Å². The normalized spacial score (nSPS) is 14.1. The van der Waals surface area contributed by atoms with Gasteiger partial charge in [0.05, 0.1) is 6.54 Å². The Labute approximate surface area is 136 Å². The standard InChI is InChI=1S/C17H23N5O/c1-13(2)17-20-19-15-12-21(10-11-22(15)17)16(23)8-5-7-14-6-3-4-9-18-14/h3-4,6,9,13H,5,7-8,10-12H2,1-2H3. The maximum atomic E-state index is 12.4. The van der Waals surface area contributed by atoms with E-state index in [4.69, 9.17) is 0 Å². The predicted octanol–water partition coefficient (Wildman–Crippen LogP) is 2.16. The third kappa shape index (κ3) is 3.57. The van der Waals surface area contributed by atoms with E-state index in [-0.39, 0.29) is 5.91 Å². The third-order valence-electron chi connectivity index (χ3n) is 4.20. The lowest BCUT2D eigenvalue weighted by molar-refractivity contribution is -0.132. The van der Waals surface area contributed by atoms with Crippen LogP contribution in [0.4, 0.5) is 0 Å². The molecule has 1 aliphatic rings. The van der Waals surface area contributed by atoms with Gasteiger partial charge in [-0.05, 0) is 25.0 Å². The van der Waals surface area contributed by atoms with Gasteiger partial charge in [0, 0.05) is 37.3 Å². The number of hydrogen-bond donors (Lipinski definition) is 0. The van der Waals surface area contributed by atoms with Crippen LogP contribution < -0.4 is 0 Å². The molecule has 1 amide bonds. The van der Waals surface area contributed by atoms with Gasteiger partial charge < -0.3 is 9.47 Å².